The SMILES string of the molecule is Cc1cc(C(C)O)ccc1OCc1ccc(C#N)cc1Cl. The summed E-state index contributed by atoms with van der Waals surface area (Å²) >= 11 is 6.12. The largest absolute Gasteiger partial charge is 0.489 e. The van der Waals surface area contributed by atoms with E-state index in [1.54, 1.807) is 25.1 Å². The van der Waals surface area contributed by atoms with Crippen LogP contribution >= 0.6 is 11.6 Å². The van der Waals surface area contributed by atoms with Gasteiger partial charge in [0.25, 0.3) is 0 Å². The van der Waals surface area contributed by atoms with Crippen molar-refractivity contribution in [2.45, 2.75) is 26.6 Å². The third-order valence-corrected chi connectivity index (χ3v) is 3.60. The van der Waals surface area contributed by atoms with Crippen LogP contribution in [0.4, 0.5) is 0 Å². The van der Waals surface area contributed by atoms with Gasteiger partial charge in [-0.2, -0.15) is 5.26 Å². The van der Waals surface area contributed by atoms with E-state index in [1.165, 1.54) is 0 Å². The number of benzene rings is 2. The van der Waals surface area contributed by atoms with E-state index >= 15 is 0 Å². The Labute approximate surface area is 129 Å². The number of aliphatic hydroxyl groups is 1. The average Bonchev–Trinajstić information content (AvgIpc) is 2.46. The normalized spacial score (nSPS) is 11.8. The molecule has 0 aromatic heterocycles. The average molecular weight is 302 g/mol. The maximum absolute atomic E-state index is 9.55. The minimum atomic E-state index is -0.495. The Bertz CT molecular complexity index is 690. The zero-order valence-electron chi connectivity index (χ0n) is 11.9. The third-order valence-electron chi connectivity index (χ3n) is 3.25. The highest BCUT2D eigenvalue weighted by Crippen LogP contribution is 2.25. The molecule has 0 spiro atoms. The lowest BCUT2D eigenvalue weighted by Gasteiger charge is -2.12. The van der Waals surface area contributed by atoms with Crippen molar-refractivity contribution in [3.8, 4) is 11.8 Å². The lowest BCUT2D eigenvalue weighted by atomic mass is 10.1. The molecule has 2 aromatic rings. The van der Waals surface area contributed by atoms with E-state index in [0.29, 0.717) is 17.2 Å². The second kappa shape index (κ2) is 6.62. The van der Waals surface area contributed by atoms with Crippen molar-refractivity contribution < 1.29 is 9.84 Å². The third kappa shape index (κ3) is 3.75. The highest BCUT2D eigenvalue weighted by Gasteiger charge is 2.07. The van der Waals surface area contributed by atoms with Gasteiger partial charge < -0.3 is 9.84 Å². The maximum atomic E-state index is 9.55. The first kappa shape index (κ1) is 15.4. The van der Waals surface area contributed by atoms with Crippen LogP contribution in [0.2, 0.25) is 5.02 Å². The maximum Gasteiger partial charge on any atom is 0.122 e. The molecule has 0 radical (unpaired) electrons. The quantitative estimate of drug-likeness (QED) is 0.923. The van der Waals surface area contributed by atoms with Crippen LogP contribution in [0, 0.1) is 18.3 Å². The summed E-state index contributed by atoms with van der Waals surface area (Å²) in [5, 5.41) is 18.9. The molecule has 0 fully saturated rings. The molecule has 2 rings (SSSR count). The van der Waals surface area contributed by atoms with Gasteiger partial charge >= 0.3 is 0 Å². The fourth-order valence-corrected chi connectivity index (χ4v) is 2.22. The molecule has 1 atom stereocenters. The van der Waals surface area contributed by atoms with Crippen molar-refractivity contribution in [2.24, 2.45) is 0 Å². The Morgan fingerprint density at radius 3 is 2.62 bits per heavy atom. The standard InChI is InChI=1S/C17H16ClNO2/c1-11-7-14(12(2)20)5-6-17(11)21-10-15-4-3-13(9-19)8-16(15)18/h3-8,12,20H,10H2,1-2H3. The van der Waals surface area contributed by atoms with Crippen LogP contribution in [0.25, 0.3) is 0 Å². The molecule has 1 unspecified atom stereocenters. The summed E-state index contributed by atoms with van der Waals surface area (Å²) in [5.74, 6) is 0.750. The molecule has 0 aliphatic heterocycles. The van der Waals surface area contributed by atoms with Gasteiger partial charge in [0.15, 0.2) is 0 Å². The summed E-state index contributed by atoms with van der Waals surface area (Å²) in [6, 6.07) is 12.8. The van der Waals surface area contributed by atoms with Gasteiger partial charge in [0, 0.05) is 10.6 Å². The number of aliphatic hydroxyl groups excluding tert-OH is 1. The summed E-state index contributed by atoms with van der Waals surface area (Å²) < 4.78 is 5.76. The molecular weight excluding hydrogens is 286 g/mol. The zero-order chi connectivity index (χ0) is 15.4. The van der Waals surface area contributed by atoms with Crippen LogP contribution in [-0.4, -0.2) is 5.11 Å². The summed E-state index contributed by atoms with van der Waals surface area (Å²) in [6.45, 7) is 3.99. The van der Waals surface area contributed by atoms with Crippen LogP contribution in [0.15, 0.2) is 36.4 Å². The number of nitriles is 1. The van der Waals surface area contributed by atoms with Gasteiger partial charge in [-0.05, 0) is 49.2 Å². The highest BCUT2D eigenvalue weighted by atomic mass is 35.5. The Kier molecular flexibility index (Phi) is 4.85. The molecule has 4 heteroatoms. The Morgan fingerprint density at radius 2 is 2.05 bits per heavy atom. The Balaban J connectivity index is 2.12. The van der Waals surface area contributed by atoms with Crippen LogP contribution in [0.3, 0.4) is 0 Å². The van der Waals surface area contributed by atoms with E-state index in [2.05, 4.69) is 0 Å². The fourth-order valence-electron chi connectivity index (χ4n) is 1.98. The molecule has 2 aromatic carbocycles. The summed E-state index contributed by atoms with van der Waals surface area (Å²) in [5.41, 5.74) is 3.17. The van der Waals surface area contributed by atoms with Gasteiger partial charge in [0.1, 0.15) is 12.4 Å². The molecular formula is C17H16ClNO2. The summed E-state index contributed by atoms with van der Waals surface area (Å²) in [4.78, 5) is 0. The minimum Gasteiger partial charge on any atom is -0.489 e. The topological polar surface area (TPSA) is 53.2 Å². The first-order chi connectivity index (χ1) is 10.0. The predicted octanol–water partition coefficient (Wildman–Crippen LogP) is 4.15. The van der Waals surface area contributed by atoms with E-state index in [4.69, 9.17) is 21.6 Å². The Hall–Kier alpha value is -2.02. The lowest BCUT2D eigenvalue weighted by Crippen LogP contribution is -1.99. The van der Waals surface area contributed by atoms with Crippen molar-refractivity contribution in [3.05, 3.63) is 63.7 Å². The van der Waals surface area contributed by atoms with Gasteiger partial charge in [-0.25, -0.2) is 0 Å². The predicted molar refractivity (Wildman–Crippen MR) is 82.3 cm³/mol. The molecule has 3 nitrogen and oxygen atoms in total. The molecule has 0 saturated heterocycles. The monoisotopic (exact) mass is 301 g/mol. The minimum absolute atomic E-state index is 0.333. The molecule has 0 saturated carbocycles. The van der Waals surface area contributed by atoms with Crippen LogP contribution in [0.5, 0.6) is 5.75 Å². The van der Waals surface area contributed by atoms with Crippen molar-refractivity contribution in [1.82, 2.24) is 0 Å². The molecule has 0 amide bonds. The van der Waals surface area contributed by atoms with Gasteiger partial charge in [0.2, 0.25) is 0 Å². The summed E-state index contributed by atoms with van der Waals surface area (Å²) in [6.07, 6.45) is -0.495. The number of hydrogen-bond acceptors (Lipinski definition) is 3. The second-order valence-corrected chi connectivity index (χ2v) is 5.31. The first-order valence-corrected chi connectivity index (χ1v) is 6.99. The smallest absolute Gasteiger partial charge is 0.122 e. The van der Waals surface area contributed by atoms with E-state index in [0.717, 1.165) is 22.4 Å². The zero-order valence-corrected chi connectivity index (χ0v) is 12.7. The molecule has 0 heterocycles. The number of nitrogens with zero attached hydrogens (tertiary/aromatic N) is 1. The van der Waals surface area contributed by atoms with Crippen LogP contribution in [0.1, 0.15) is 35.3 Å². The molecule has 0 aliphatic rings. The number of ether oxygens (including phenoxy) is 1. The van der Waals surface area contributed by atoms with Crippen molar-refractivity contribution in [3.63, 3.8) is 0 Å². The summed E-state index contributed by atoms with van der Waals surface area (Å²) in [7, 11) is 0. The van der Waals surface area contributed by atoms with Crippen molar-refractivity contribution in [2.75, 3.05) is 0 Å². The van der Waals surface area contributed by atoms with Gasteiger partial charge in [-0.3, -0.25) is 0 Å². The van der Waals surface area contributed by atoms with E-state index in [-0.39, 0.29) is 0 Å². The van der Waals surface area contributed by atoms with E-state index in [1.807, 2.05) is 31.2 Å². The number of aryl methyl sites for hydroxylation is 1. The molecule has 0 bridgehead atoms. The second-order valence-electron chi connectivity index (χ2n) is 4.91. The number of rotatable bonds is 4. The van der Waals surface area contributed by atoms with Crippen molar-refractivity contribution >= 4 is 11.6 Å². The molecule has 1 N–H and O–H groups in total. The van der Waals surface area contributed by atoms with Gasteiger partial charge in [-0.1, -0.05) is 23.7 Å². The Morgan fingerprint density at radius 1 is 1.29 bits per heavy atom. The van der Waals surface area contributed by atoms with Crippen LogP contribution < -0.4 is 4.74 Å². The molecule has 108 valence electrons. The van der Waals surface area contributed by atoms with Gasteiger partial charge in [-0.15, -0.1) is 0 Å². The van der Waals surface area contributed by atoms with E-state index in [9.17, 15) is 5.11 Å². The van der Waals surface area contributed by atoms with Gasteiger partial charge in [0.05, 0.1) is 17.7 Å². The number of halogens is 1. The first-order valence-electron chi connectivity index (χ1n) is 6.61. The molecule has 21 heavy (non-hydrogen) atoms. The van der Waals surface area contributed by atoms with E-state index < -0.39 is 6.10 Å². The van der Waals surface area contributed by atoms with Crippen molar-refractivity contribution in [1.29, 1.82) is 5.26 Å². The lowest BCUT2D eigenvalue weighted by molar-refractivity contribution is 0.199. The number of hydrogen-bond donors (Lipinski definition) is 1. The molecule has 0 aliphatic carbocycles. The highest BCUT2D eigenvalue weighted by molar-refractivity contribution is 6.31. The van der Waals surface area contributed by atoms with Crippen LogP contribution in [-0.2, 0) is 6.61 Å². The fraction of sp³-hybridized carbons (Fsp3) is 0.235.